The molecule has 0 aromatic carbocycles. The Balaban J connectivity index is 2.35. The van der Waals surface area contributed by atoms with Gasteiger partial charge in [0, 0.05) is 26.2 Å². The van der Waals surface area contributed by atoms with Gasteiger partial charge in [0.15, 0.2) is 0 Å². The molecular weight excluding hydrogens is 252 g/mol. The van der Waals surface area contributed by atoms with Gasteiger partial charge in [0.25, 0.3) is 10.2 Å². The molecule has 0 unspecified atom stereocenters. The molecule has 1 fully saturated rings. The molecule has 1 heterocycles. The SMILES string of the molecule is CCN(C)CCNS(=O)(=O)N1CCC(CN)CC1. The van der Waals surface area contributed by atoms with Gasteiger partial charge in [-0.3, -0.25) is 0 Å². The average molecular weight is 278 g/mol. The first kappa shape index (κ1) is 15.8. The smallest absolute Gasteiger partial charge is 0.279 e. The summed E-state index contributed by atoms with van der Waals surface area (Å²) in [6.07, 6.45) is 1.73. The third-order valence-corrected chi connectivity index (χ3v) is 5.18. The standard InChI is InChI=1S/C11H26N4O2S/c1-3-14(2)9-6-13-18(16,17)15-7-4-11(10-12)5-8-15/h11,13H,3-10,12H2,1-2H3. The lowest BCUT2D eigenvalue weighted by molar-refractivity contribution is 0.274. The van der Waals surface area contributed by atoms with Gasteiger partial charge in [-0.05, 0) is 38.9 Å². The van der Waals surface area contributed by atoms with Crippen molar-refractivity contribution in [3.05, 3.63) is 0 Å². The number of rotatable bonds is 7. The van der Waals surface area contributed by atoms with Crippen LogP contribution in [0.25, 0.3) is 0 Å². The van der Waals surface area contributed by atoms with Crippen molar-refractivity contribution in [2.75, 3.05) is 46.3 Å². The third kappa shape index (κ3) is 4.81. The predicted octanol–water partition coefficient (Wildman–Crippen LogP) is -0.557. The number of hydrogen-bond acceptors (Lipinski definition) is 4. The maximum absolute atomic E-state index is 12.0. The van der Waals surface area contributed by atoms with Crippen molar-refractivity contribution in [1.29, 1.82) is 0 Å². The molecule has 0 aromatic rings. The van der Waals surface area contributed by atoms with Gasteiger partial charge in [-0.1, -0.05) is 6.92 Å². The number of hydrogen-bond donors (Lipinski definition) is 2. The van der Waals surface area contributed by atoms with Crippen LogP contribution < -0.4 is 10.5 Å². The zero-order valence-corrected chi connectivity index (χ0v) is 12.2. The van der Waals surface area contributed by atoms with E-state index in [-0.39, 0.29) is 0 Å². The second-order valence-electron chi connectivity index (χ2n) is 4.87. The van der Waals surface area contributed by atoms with Crippen LogP contribution in [0.4, 0.5) is 0 Å². The number of nitrogens with zero attached hydrogens (tertiary/aromatic N) is 2. The van der Waals surface area contributed by atoms with Gasteiger partial charge in [-0.15, -0.1) is 0 Å². The highest BCUT2D eigenvalue weighted by atomic mass is 32.2. The molecule has 18 heavy (non-hydrogen) atoms. The molecule has 0 radical (unpaired) electrons. The Morgan fingerprint density at radius 1 is 1.39 bits per heavy atom. The molecule has 7 heteroatoms. The zero-order valence-electron chi connectivity index (χ0n) is 11.4. The van der Waals surface area contributed by atoms with E-state index >= 15 is 0 Å². The van der Waals surface area contributed by atoms with E-state index in [1.165, 1.54) is 4.31 Å². The lowest BCUT2D eigenvalue weighted by atomic mass is 9.99. The Bertz CT molecular complexity index is 326. The maximum Gasteiger partial charge on any atom is 0.279 e. The topological polar surface area (TPSA) is 78.7 Å². The Morgan fingerprint density at radius 3 is 2.50 bits per heavy atom. The van der Waals surface area contributed by atoms with E-state index in [2.05, 4.69) is 9.62 Å². The van der Waals surface area contributed by atoms with Crippen LogP contribution >= 0.6 is 0 Å². The molecule has 1 saturated heterocycles. The number of likely N-dealkylation sites (N-methyl/N-ethyl adjacent to an activating group) is 1. The Hall–Kier alpha value is -0.210. The van der Waals surface area contributed by atoms with Crippen molar-refractivity contribution in [1.82, 2.24) is 13.9 Å². The molecule has 0 amide bonds. The summed E-state index contributed by atoms with van der Waals surface area (Å²) in [6, 6.07) is 0. The first-order chi connectivity index (χ1) is 8.49. The second-order valence-corrected chi connectivity index (χ2v) is 6.63. The maximum atomic E-state index is 12.0. The van der Waals surface area contributed by atoms with Crippen molar-refractivity contribution in [3.63, 3.8) is 0 Å². The number of piperidine rings is 1. The second kappa shape index (κ2) is 7.40. The molecule has 6 nitrogen and oxygen atoms in total. The fourth-order valence-corrected chi connectivity index (χ4v) is 3.22. The fourth-order valence-electron chi connectivity index (χ4n) is 2.00. The summed E-state index contributed by atoms with van der Waals surface area (Å²) in [4.78, 5) is 2.07. The summed E-state index contributed by atoms with van der Waals surface area (Å²) in [5.41, 5.74) is 5.60. The van der Waals surface area contributed by atoms with E-state index in [1.807, 2.05) is 14.0 Å². The van der Waals surface area contributed by atoms with E-state index in [4.69, 9.17) is 5.73 Å². The van der Waals surface area contributed by atoms with Crippen molar-refractivity contribution in [2.45, 2.75) is 19.8 Å². The van der Waals surface area contributed by atoms with Crippen molar-refractivity contribution >= 4 is 10.2 Å². The predicted molar refractivity (Wildman–Crippen MR) is 73.4 cm³/mol. The lowest BCUT2D eigenvalue weighted by Crippen LogP contribution is -2.47. The van der Waals surface area contributed by atoms with Gasteiger partial charge < -0.3 is 10.6 Å². The summed E-state index contributed by atoms with van der Waals surface area (Å²) in [6.45, 7) is 5.98. The van der Waals surface area contributed by atoms with Crippen LogP contribution in [0, 0.1) is 5.92 Å². The molecule has 0 aliphatic carbocycles. The molecule has 0 aromatic heterocycles. The van der Waals surface area contributed by atoms with Crippen LogP contribution in [0.2, 0.25) is 0 Å². The van der Waals surface area contributed by atoms with E-state index in [1.54, 1.807) is 0 Å². The number of nitrogens with two attached hydrogens (primary N) is 1. The highest BCUT2D eigenvalue weighted by Gasteiger charge is 2.26. The molecule has 0 bridgehead atoms. The van der Waals surface area contributed by atoms with Crippen molar-refractivity contribution in [2.24, 2.45) is 11.7 Å². The van der Waals surface area contributed by atoms with Crippen LogP contribution in [0.1, 0.15) is 19.8 Å². The van der Waals surface area contributed by atoms with Crippen LogP contribution in [0.15, 0.2) is 0 Å². The van der Waals surface area contributed by atoms with Gasteiger partial charge in [-0.25, -0.2) is 4.72 Å². The molecule has 0 saturated carbocycles. The Labute approximate surface area is 111 Å². The minimum atomic E-state index is -3.30. The minimum Gasteiger partial charge on any atom is -0.330 e. The molecule has 0 spiro atoms. The summed E-state index contributed by atoms with van der Waals surface area (Å²) < 4.78 is 28.2. The van der Waals surface area contributed by atoms with Gasteiger partial charge >= 0.3 is 0 Å². The Morgan fingerprint density at radius 2 is 2.00 bits per heavy atom. The van der Waals surface area contributed by atoms with Gasteiger partial charge in [0.1, 0.15) is 0 Å². The highest BCUT2D eigenvalue weighted by molar-refractivity contribution is 7.87. The van der Waals surface area contributed by atoms with Crippen molar-refractivity contribution < 1.29 is 8.42 Å². The molecule has 108 valence electrons. The molecule has 0 atom stereocenters. The molecule has 1 aliphatic rings. The third-order valence-electron chi connectivity index (χ3n) is 3.56. The van der Waals surface area contributed by atoms with Gasteiger partial charge in [-0.2, -0.15) is 12.7 Å². The number of nitrogens with one attached hydrogen (secondary N) is 1. The first-order valence-electron chi connectivity index (χ1n) is 6.63. The summed E-state index contributed by atoms with van der Waals surface area (Å²) in [7, 11) is -1.33. The fraction of sp³-hybridized carbons (Fsp3) is 1.00. The first-order valence-corrected chi connectivity index (χ1v) is 8.07. The monoisotopic (exact) mass is 278 g/mol. The van der Waals surface area contributed by atoms with Crippen molar-refractivity contribution in [3.8, 4) is 0 Å². The summed E-state index contributed by atoms with van der Waals surface area (Å²) >= 11 is 0. The quantitative estimate of drug-likeness (QED) is 0.654. The average Bonchev–Trinajstić information content (AvgIpc) is 2.38. The van der Waals surface area contributed by atoms with E-state index in [0.717, 1.165) is 25.9 Å². The largest absolute Gasteiger partial charge is 0.330 e. The molecule has 1 rings (SSSR count). The summed E-state index contributed by atoms with van der Waals surface area (Å²) in [5, 5.41) is 0. The van der Waals surface area contributed by atoms with E-state index in [0.29, 0.717) is 32.1 Å². The van der Waals surface area contributed by atoms with E-state index in [9.17, 15) is 8.42 Å². The normalized spacial score (nSPS) is 19.6. The highest BCUT2D eigenvalue weighted by Crippen LogP contribution is 2.17. The lowest BCUT2D eigenvalue weighted by Gasteiger charge is -2.30. The van der Waals surface area contributed by atoms with E-state index < -0.39 is 10.2 Å². The molecule has 3 N–H and O–H groups in total. The zero-order chi connectivity index (χ0) is 13.6. The van der Waals surface area contributed by atoms with Crippen LogP contribution in [-0.2, 0) is 10.2 Å². The van der Waals surface area contributed by atoms with Crippen LogP contribution in [-0.4, -0.2) is 63.9 Å². The molecule has 1 aliphatic heterocycles. The molecular formula is C11H26N4O2S. The van der Waals surface area contributed by atoms with Gasteiger partial charge in [0.2, 0.25) is 0 Å². The summed E-state index contributed by atoms with van der Waals surface area (Å²) in [5.74, 6) is 0.475. The van der Waals surface area contributed by atoms with Gasteiger partial charge in [0.05, 0.1) is 0 Å². The van der Waals surface area contributed by atoms with Crippen LogP contribution in [0.3, 0.4) is 0 Å². The Kier molecular flexibility index (Phi) is 6.51. The minimum absolute atomic E-state index is 0.462. The van der Waals surface area contributed by atoms with Crippen LogP contribution in [0.5, 0.6) is 0 Å².